The molecule has 0 saturated heterocycles. The number of methoxy groups -OCH3 is 1. The van der Waals surface area contributed by atoms with Crippen LogP contribution in [0.25, 0.3) is 11.0 Å². The molecule has 0 aliphatic rings. The smallest absolute Gasteiger partial charge is 0.121 e. The van der Waals surface area contributed by atoms with E-state index in [4.69, 9.17) is 16.3 Å². The van der Waals surface area contributed by atoms with Crippen molar-refractivity contribution in [1.82, 2.24) is 15.0 Å². The van der Waals surface area contributed by atoms with Gasteiger partial charge in [-0.25, -0.2) is 4.68 Å². The van der Waals surface area contributed by atoms with Gasteiger partial charge >= 0.3 is 0 Å². The SMILES string of the molecule is COc1ccc2c(c1)nnn2CCl. The summed E-state index contributed by atoms with van der Waals surface area (Å²) >= 11 is 5.65. The van der Waals surface area contributed by atoms with E-state index >= 15 is 0 Å². The van der Waals surface area contributed by atoms with E-state index in [0.29, 0.717) is 6.00 Å². The molecule has 13 heavy (non-hydrogen) atoms. The molecule has 0 atom stereocenters. The number of nitrogens with zero attached hydrogens (tertiary/aromatic N) is 3. The van der Waals surface area contributed by atoms with E-state index < -0.39 is 0 Å². The number of halogens is 1. The standard InChI is InChI=1S/C8H8ClN3O/c1-13-6-2-3-8-7(4-6)10-11-12(8)5-9/h2-4H,5H2,1H3. The Bertz CT molecular complexity index is 426. The van der Waals surface area contributed by atoms with Crippen LogP contribution in [0.5, 0.6) is 5.75 Å². The molecule has 0 aliphatic heterocycles. The number of benzene rings is 1. The Kier molecular flexibility index (Phi) is 2.06. The Morgan fingerprint density at radius 2 is 2.38 bits per heavy atom. The molecule has 2 aromatic rings. The van der Waals surface area contributed by atoms with Gasteiger partial charge in [-0.1, -0.05) is 5.21 Å². The van der Waals surface area contributed by atoms with Crippen molar-refractivity contribution in [3.8, 4) is 5.75 Å². The molecule has 0 bridgehead atoms. The highest BCUT2D eigenvalue weighted by molar-refractivity contribution is 6.15. The zero-order valence-electron chi connectivity index (χ0n) is 7.07. The molecule has 4 nitrogen and oxygen atoms in total. The monoisotopic (exact) mass is 197 g/mol. The predicted molar refractivity (Wildman–Crippen MR) is 49.9 cm³/mol. The molecule has 5 heteroatoms. The number of hydrogen-bond donors (Lipinski definition) is 0. The number of ether oxygens (including phenoxy) is 1. The van der Waals surface area contributed by atoms with Gasteiger partial charge in [-0.2, -0.15) is 0 Å². The summed E-state index contributed by atoms with van der Waals surface area (Å²) in [5, 5.41) is 7.81. The van der Waals surface area contributed by atoms with Gasteiger partial charge in [0.2, 0.25) is 0 Å². The summed E-state index contributed by atoms with van der Waals surface area (Å²) < 4.78 is 6.68. The zero-order chi connectivity index (χ0) is 9.26. The van der Waals surface area contributed by atoms with Crippen LogP contribution in [0.3, 0.4) is 0 Å². The van der Waals surface area contributed by atoms with Gasteiger partial charge in [-0.3, -0.25) is 0 Å². The van der Waals surface area contributed by atoms with E-state index in [1.54, 1.807) is 11.8 Å². The number of alkyl halides is 1. The molecule has 0 saturated carbocycles. The third-order valence-electron chi connectivity index (χ3n) is 1.83. The van der Waals surface area contributed by atoms with E-state index in [9.17, 15) is 0 Å². The molecule has 0 spiro atoms. The second-order valence-electron chi connectivity index (χ2n) is 2.56. The van der Waals surface area contributed by atoms with Crippen LogP contribution < -0.4 is 4.74 Å². The van der Waals surface area contributed by atoms with Crippen molar-refractivity contribution >= 4 is 22.6 Å². The lowest BCUT2D eigenvalue weighted by molar-refractivity contribution is 0.415. The third kappa shape index (κ3) is 1.33. The van der Waals surface area contributed by atoms with Gasteiger partial charge in [0.25, 0.3) is 0 Å². The first-order valence-electron chi connectivity index (χ1n) is 3.78. The van der Waals surface area contributed by atoms with E-state index in [1.807, 2.05) is 18.2 Å². The van der Waals surface area contributed by atoms with E-state index in [0.717, 1.165) is 16.8 Å². The summed E-state index contributed by atoms with van der Waals surface area (Å²) in [5.74, 6) is 0.772. The fourth-order valence-corrected chi connectivity index (χ4v) is 1.34. The van der Waals surface area contributed by atoms with Crippen LogP contribution in [0, 0.1) is 0 Å². The van der Waals surface area contributed by atoms with E-state index in [1.165, 1.54) is 0 Å². The van der Waals surface area contributed by atoms with Gasteiger partial charge in [0.1, 0.15) is 17.3 Å². The van der Waals surface area contributed by atoms with Crippen LogP contribution in [-0.2, 0) is 6.00 Å². The molecule has 1 aromatic carbocycles. The molecule has 1 aromatic heterocycles. The highest BCUT2D eigenvalue weighted by Crippen LogP contribution is 2.18. The largest absolute Gasteiger partial charge is 0.497 e. The average molecular weight is 198 g/mol. The highest BCUT2D eigenvalue weighted by Gasteiger charge is 2.03. The maximum Gasteiger partial charge on any atom is 0.121 e. The summed E-state index contributed by atoms with van der Waals surface area (Å²) in [7, 11) is 1.62. The van der Waals surface area contributed by atoms with Crippen molar-refractivity contribution in [3.63, 3.8) is 0 Å². The number of rotatable bonds is 2. The van der Waals surface area contributed by atoms with Crippen molar-refractivity contribution < 1.29 is 4.74 Å². The molecule has 1 heterocycles. The molecule has 2 rings (SSSR count). The second kappa shape index (κ2) is 3.22. The van der Waals surface area contributed by atoms with Crippen molar-refractivity contribution in [2.75, 3.05) is 7.11 Å². The minimum atomic E-state index is 0.308. The Labute approximate surface area is 80.1 Å². The predicted octanol–water partition coefficient (Wildman–Crippen LogP) is 1.64. The molecular weight excluding hydrogens is 190 g/mol. The Hall–Kier alpha value is -1.29. The second-order valence-corrected chi connectivity index (χ2v) is 2.80. The van der Waals surface area contributed by atoms with Gasteiger partial charge in [0, 0.05) is 6.07 Å². The van der Waals surface area contributed by atoms with Crippen molar-refractivity contribution in [2.24, 2.45) is 0 Å². The topological polar surface area (TPSA) is 39.9 Å². The summed E-state index contributed by atoms with van der Waals surface area (Å²) in [6.45, 7) is 0. The third-order valence-corrected chi connectivity index (χ3v) is 2.06. The number of hydrogen-bond acceptors (Lipinski definition) is 3. The Morgan fingerprint density at radius 3 is 3.08 bits per heavy atom. The van der Waals surface area contributed by atoms with Crippen molar-refractivity contribution in [3.05, 3.63) is 18.2 Å². The number of aromatic nitrogens is 3. The fraction of sp³-hybridized carbons (Fsp3) is 0.250. The van der Waals surface area contributed by atoms with Crippen LogP contribution in [0.1, 0.15) is 0 Å². The summed E-state index contributed by atoms with van der Waals surface area (Å²) in [4.78, 5) is 0. The van der Waals surface area contributed by atoms with Crippen molar-refractivity contribution in [1.29, 1.82) is 0 Å². The molecule has 0 radical (unpaired) electrons. The van der Waals surface area contributed by atoms with E-state index in [-0.39, 0.29) is 0 Å². The summed E-state index contributed by atoms with van der Waals surface area (Å²) in [5.41, 5.74) is 1.70. The van der Waals surface area contributed by atoms with Gasteiger partial charge in [-0.05, 0) is 12.1 Å². The zero-order valence-corrected chi connectivity index (χ0v) is 7.82. The first kappa shape index (κ1) is 8.31. The lowest BCUT2D eigenvalue weighted by Gasteiger charge is -1.98. The van der Waals surface area contributed by atoms with E-state index in [2.05, 4.69) is 10.3 Å². The Balaban J connectivity index is 2.61. The summed E-state index contributed by atoms with van der Waals surface area (Å²) in [6, 6.07) is 5.87. The van der Waals surface area contributed by atoms with Gasteiger partial charge in [0.05, 0.1) is 12.6 Å². The molecule has 0 amide bonds. The molecule has 0 aliphatic carbocycles. The Morgan fingerprint density at radius 1 is 1.54 bits per heavy atom. The highest BCUT2D eigenvalue weighted by atomic mass is 35.5. The molecule has 0 unspecified atom stereocenters. The fourth-order valence-electron chi connectivity index (χ4n) is 1.17. The lowest BCUT2D eigenvalue weighted by atomic mass is 10.3. The van der Waals surface area contributed by atoms with Crippen LogP contribution in [0.4, 0.5) is 0 Å². The maximum atomic E-state index is 5.65. The first-order chi connectivity index (χ1) is 6.35. The normalized spacial score (nSPS) is 10.6. The lowest BCUT2D eigenvalue weighted by Crippen LogP contribution is -1.93. The minimum absolute atomic E-state index is 0.308. The molecule has 0 N–H and O–H groups in total. The summed E-state index contributed by atoms with van der Waals surface area (Å²) in [6.07, 6.45) is 0. The minimum Gasteiger partial charge on any atom is -0.497 e. The maximum absolute atomic E-state index is 5.65. The quantitative estimate of drug-likeness (QED) is 0.688. The van der Waals surface area contributed by atoms with Crippen LogP contribution in [0.2, 0.25) is 0 Å². The van der Waals surface area contributed by atoms with Crippen molar-refractivity contribution in [2.45, 2.75) is 6.00 Å². The molecule has 68 valence electrons. The first-order valence-corrected chi connectivity index (χ1v) is 4.32. The van der Waals surface area contributed by atoms with Crippen LogP contribution >= 0.6 is 11.6 Å². The molecular formula is C8H8ClN3O. The van der Waals surface area contributed by atoms with Gasteiger partial charge in [-0.15, -0.1) is 16.7 Å². The number of fused-ring (bicyclic) bond motifs is 1. The van der Waals surface area contributed by atoms with Gasteiger partial charge < -0.3 is 4.74 Å². The average Bonchev–Trinajstić information content (AvgIpc) is 2.59. The van der Waals surface area contributed by atoms with Crippen LogP contribution in [-0.4, -0.2) is 22.1 Å². The molecule has 0 fully saturated rings. The van der Waals surface area contributed by atoms with Crippen LogP contribution in [0.15, 0.2) is 18.2 Å². The van der Waals surface area contributed by atoms with Gasteiger partial charge in [0.15, 0.2) is 0 Å².